The molecule has 1 saturated heterocycles. The Labute approximate surface area is 136 Å². The first-order valence-electron chi connectivity index (χ1n) is 7.53. The molecule has 23 heavy (non-hydrogen) atoms. The Morgan fingerprint density at radius 2 is 2.04 bits per heavy atom. The van der Waals surface area contributed by atoms with Gasteiger partial charge in [0.05, 0.1) is 18.6 Å². The minimum absolute atomic E-state index is 0.0860. The minimum atomic E-state index is -2.94. The van der Waals surface area contributed by atoms with Gasteiger partial charge in [0.15, 0.2) is 9.84 Å². The molecule has 0 bridgehead atoms. The lowest BCUT2D eigenvalue weighted by Gasteiger charge is -2.07. The van der Waals surface area contributed by atoms with Crippen molar-refractivity contribution in [3.63, 3.8) is 0 Å². The van der Waals surface area contributed by atoms with Crippen LogP contribution in [-0.4, -0.2) is 38.7 Å². The molecule has 0 spiro atoms. The highest BCUT2D eigenvalue weighted by atomic mass is 32.2. The molecule has 1 aromatic carbocycles. The number of benzene rings is 1. The van der Waals surface area contributed by atoms with Crippen LogP contribution in [0.5, 0.6) is 5.75 Å². The fourth-order valence-electron chi connectivity index (χ4n) is 2.58. The predicted molar refractivity (Wildman–Crippen MR) is 89.3 cm³/mol. The zero-order valence-corrected chi connectivity index (χ0v) is 14.2. The largest absolute Gasteiger partial charge is 0.497 e. The van der Waals surface area contributed by atoms with Crippen LogP contribution in [0, 0.1) is 5.92 Å². The summed E-state index contributed by atoms with van der Waals surface area (Å²) in [6.07, 6.45) is 1.39. The second-order valence-corrected chi connectivity index (χ2v) is 8.11. The van der Waals surface area contributed by atoms with Crippen LogP contribution < -0.4 is 10.2 Å². The van der Waals surface area contributed by atoms with Gasteiger partial charge >= 0.3 is 0 Å². The molecule has 1 heterocycles. The predicted octanol–water partition coefficient (Wildman–Crippen LogP) is 1.55. The lowest BCUT2D eigenvalue weighted by atomic mass is 10.1. The number of hydrazone groups is 1. The molecule has 0 aromatic heterocycles. The SMILES string of the molecule is COc1ccc(C/C(C)=N\NC(=O)C[C@H]2CCS(=O)(=O)C2)cc1. The van der Waals surface area contributed by atoms with Gasteiger partial charge in [-0.1, -0.05) is 12.1 Å². The van der Waals surface area contributed by atoms with Crippen LogP contribution >= 0.6 is 0 Å². The summed E-state index contributed by atoms with van der Waals surface area (Å²) in [5.41, 5.74) is 4.36. The van der Waals surface area contributed by atoms with Gasteiger partial charge in [-0.3, -0.25) is 4.79 Å². The zero-order chi connectivity index (χ0) is 16.9. The lowest BCUT2D eigenvalue weighted by Crippen LogP contribution is -2.22. The van der Waals surface area contributed by atoms with Gasteiger partial charge in [-0.2, -0.15) is 5.10 Å². The van der Waals surface area contributed by atoms with Crippen molar-refractivity contribution < 1.29 is 17.9 Å². The van der Waals surface area contributed by atoms with Gasteiger partial charge in [0.2, 0.25) is 5.91 Å². The van der Waals surface area contributed by atoms with Gasteiger partial charge in [0, 0.05) is 18.6 Å². The van der Waals surface area contributed by atoms with Crippen LogP contribution in [0.4, 0.5) is 0 Å². The van der Waals surface area contributed by atoms with E-state index in [-0.39, 0.29) is 29.8 Å². The molecule has 1 N–H and O–H groups in total. The van der Waals surface area contributed by atoms with Crippen LogP contribution in [0.25, 0.3) is 0 Å². The number of carbonyl (C=O) groups is 1. The fraction of sp³-hybridized carbons (Fsp3) is 0.500. The first kappa shape index (κ1) is 17.5. The van der Waals surface area contributed by atoms with E-state index in [0.29, 0.717) is 12.8 Å². The Morgan fingerprint density at radius 1 is 1.35 bits per heavy atom. The van der Waals surface area contributed by atoms with Gasteiger partial charge in [0.25, 0.3) is 0 Å². The van der Waals surface area contributed by atoms with Gasteiger partial charge in [0.1, 0.15) is 5.75 Å². The van der Waals surface area contributed by atoms with Crippen molar-refractivity contribution in [1.82, 2.24) is 5.43 Å². The number of nitrogens with one attached hydrogen (secondary N) is 1. The van der Waals surface area contributed by atoms with Crippen molar-refractivity contribution in [1.29, 1.82) is 0 Å². The number of nitrogens with zero attached hydrogens (tertiary/aromatic N) is 1. The van der Waals surface area contributed by atoms with E-state index in [1.807, 2.05) is 31.2 Å². The second-order valence-electron chi connectivity index (χ2n) is 5.88. The fourth-order valence-corrected chi connectivity index (χ4v) is 4.44. The molecule has 0 radical (unpaired) electrons. The average molecular weight is 338 g/mol. The molecular formula is C16H22N2O4S. The molecule has 6 nitrogen and oxygen atoms in total. The van der Waals surface area contributed by atoms with Gasteiger partial charge in [-0.25, -0.2) is 13.8 Å². The van der Waals surface area contributed by atoms with E-state index in [9.17, 15) is 13.2 Å². The van der Waals surface area contributed by atoms with Gasteiger partial charge in [-0.05, 0) is 37.0 Å². The molecule has 1 atom stereocenters. The third-order valence-corrected chi connectivity index (χ3v) is 5.63. The number of amides is 1. The van der Waals surface area contributed by atoms with Crippen molar-refractivity contribution in [2.24, 2.45) is 11.0 Å². The number of hydrogen-bond acceptors (Lipinski definition) is 5. The Balaban J connectivity index is 1.80. The van der Waals surface area contributed by atoms with Crippen molar-refractivity contribution >= 4 is 21.5 Å². The summed E-state index contributed by atoms with van der Waals surface area (Å²) in [5.74, 6) is 0.765. The van der Waals surface area contributed by atoms with Crippen LogP contribution in [0.1, 0.15) is 25.3 Å². The lowest BCUT2D eigenvalue weighted by molar-refractivity contribution is -0.121. The van der Waals surface area contributed by atoms with E-state index < -0.39 is 9.84 Å². The summed E-state index contributed by atoms with van der Waals surface area (Å²) in [7, 11) is -1.33. The summed E-state index contributed by atoms with van der Waals surface area (Å²) in [6, 6.07) is 7.65. The average Bonchev–Trinajstić information content (AvgIpc) is 2.85. The van der Waals surface area contributed by atoms with E-state index in [4.69, 9.17) is 4.74 Å². The van der Waals surface area contributed by atoms with E-state index >= 15 is 0 Å². The van der Waals surface area contributed by atoms with Crippen molar-refractivity contribution in [3.8, 4) is 5.75 Å². The Hall–Kier alpha value is -1.89. The first-order valence-corrected chi connectivity index (χ1v) is 9.35. The number of rotatable bonds is 6. The molecule has 0 saturated carbocycles. The normalized spacial score (nSPS) is 20.3. The summed E-state index contributed by atoms with van der Waals surface area (Å²) in [6.45, 7) is 1.84. The highest BCUT2D eigenvalue weighted by Crippen LogP contribution is 2.21. The van der Waals surface area contributed by atoms with Crippen LogP contribution in [-0.2, 0) is 21.1 Å². The number of carbonyl (C=O) groups excluding carboxylic acids is 1. The van der Waals surface area contributed by atoms with Crippen LogP contribution in [0.2, 0.25) is 0 Å². The molecular weight excluding hydrogens is 316 g/mol. The molecule has 0 unspecified atom stereocenters. The zero-order valence-electron chi connectivity index (χ0n) is 13.4. The summed E-state index contributed by atoms with van der Waals surface area (Å²) in [4.78, 5) is 11.8. The molecule has 1 aliphatic heterocycles. The van der Waals surface area contributed by atoms with E-state index in [1.54, 1.807) is 7.11 Å². The maximum Gasteiger partial charge on any atom is 0.240 e. The maximum atomic E-state index is 11.8. The Morgan fingerprint density at radius 3 is 2.61 bits per heavy atom. The third-order valence-electron chi connectivity index (χ3n) is 3.79. The number of ether oxygens (including phenoxy) is 1. The number of hydrogen-bond donors (Lipinski definition) is 1. The summed E-state index contributed by atoms with van der Waals surface area (Å²) < 4.78 is 27.8. The standard InChI is InChI=1S/C16H22N2O4S/c1-12(9-13-3-5-15(22-2)6-4-13)17-18-16(19)10-14-7-8-23(20,21)11-14/h3-6,14H,7-11H2,1-2H3,(H,18,19)/b17-12-/t14-/m1/s1. The molecule has 126 valence electrons. The van der Waals surface area contributed by atoms with Crippen molar-refractivity contribution in [2.75, 3.05) is 18.6 Å². The van der Waals surface area contributed by atoms with Crippen LogP contribution in [0.3, 0.4) is 0 Å². The minimum Gasteiger partial charge on any atom is -0.497 e. The second kappa shape index (κ2) is 7.59. The molecule has 7 heteroatoms. The first-order chi connectivity index (χ1) is 10.9. The maximum absolute atomic E-state index is 11.8. The molecule has 1 fully saturated rings. The quantitative estimate of drug-likeness (QED) is 0.630. The highest BCUT2D eigenvalue weighted by molar-refractivity contribution is 7.91. The van der Waals surface area contributed by atoms with Crippen LogP contribution in [0.15, 0.2) is 29.4 Å². The molecule has 1 aliphatic rings. The van der Waals surface area contributed by atoms with Crippen molar-refractivity contribution in [2.45, 2.75) is 26.2 Å². The monoisotopic (exact) mass is 338 g/mol. The third kappa shape index (κ3) is 5.67. The molecule has 1 aromatic rings. The Bertz CT molecular complexity index is 681. The molecule has 2 rings (SSSR count). The van der Waals surface area contributed by atoms with E-state index in [0.717, 1.165) is 17.0 Å². The number of sulfone groups is 1. The topological polar surface area (TPSA) is 84.8 Å². The molecule has 0 aliphatic carbocycles. The summed E-state index contributed by atoms with van der Waals surface area (Å²) >= 11 is 0. The smallest absolute Gasteiger partial charge is 0.240 e. The van der Waals surface area contributed by atoms with E-state index in [1.165, 1.54) is 0 Å². The van der Waals surface area contributed by atoms with Crippen molar-refractivity contribution in [3.05, 3.63) is 29.8 Å². The molecule has 1 amide bonds. The van der Waals surface area contributed by atoms with Gasteiger partial charge in [-0.15, -0.1) is 0 Å². The van der Waals surface area contributed by atoms with Gasteiger partial charge < -0.3 is 4.74 Å². The Kier molecular flexibility index (Phi) is 5.76. The highest BCUT2D eigenvalue weighted by Gasteiger charge is 2.29. The number of methoxy groups -OCH3 is 1. The summed E-state index contributed by atoms with van der Waals surface area (Å²) in [5, 5.41) is 4.08. The van der Waals surface area contributed by atoms with E-state index in [2.05, 4.69) is 10.5 Å².